The zero-order valence-electron chi connectivity index (χ0n) is 17.8. The molecule has 0 saturated carbocycles. The summed E-state index contributed by atoms with van der Waals surface area (Å²) in [6.07, 6.45) is 1.59. The van der Waals surface area contributed by atoms with Crippen molar-refractivity contribution in [3.05, 3.63) is 64.7 Å². The molecule has 0 radical (unpaired) electrons. The van der Waals surface area contributed by atoms with Gasteiger partial charge in [0.15, 0.2) is 0 Å². The number of urea groups is 1. The standard InChI is InChI=1S/C24H31N3O2/c1-17-10-11-21(14-19(17)3)26-23(29)27-13-7-12-24(4,16-27)22(28)25-15-20-9-6-5-8-18(20)2/h5-6,8-11,14H,7,12-13,15-16H2,1-4H3,(H,25,28)(H,26,29)/t24-/m1/s1. The van der Waals surface area contributed by atoms with Crippen molar-refractivity contribution in [1.82, 2.24) is 10.2 Å². The molecule has 0 aliphatic carbocycles. The number of aryl methyl sites for hydroxylation is 3. The zero-order chi connectivity index (χ0) is 21.0. The van der Waals surface area contributed by atoms with E-state index in [1.165, 1.54) is 5.56 Å². The van der Waals surface area contributed by atoms with Crippen LogP contribution in [0.25, 0.3) is 0 Å². The quantitative estimate of drug-likeness (QED) is 0.800. The zero-order valence-corrected chi connectivity index (χ0v) is 17.8. The molecule has 1 saturated heterocycles. The van der Waals surface area contributed by atoms with Crippen LogP contribution in [-0.4, -0.2) is 29.9 Å². The fourth-order valence-electron chi connectivity index (χ4n) is 3.82. The Hall–Kier alpha value is -2.82. The van der Waals surface area contributed by atoms with Gasteiger partial charge in [-0.15, -0.1) is 0 Å². The number of carbonyl (C=O) groups excluding carboxylic acids is 2. The van der Waals surface area contributed by atoms with E-state index in [9.17, 15) is 9.59 Å². The van der Waals surface area contributed by atoms with Crippen LogP contribution >= 0.6 is 0 Å². The van der Waals surface area contributed by atoms with Gasteiger partial charge in [0.25, 0.3) is 0 Å². The Morgan fingerprint density at radius 2 is 1.79 bits per heavy atom. The molecule has 1 fully saturated rings. The molecule has 154 valence electrons. The molecule has 1 aliphatic rings. The number of anilines is 1. The van der Waals surface area contributed by atoms with Crippen LogP contribution in [0.2, 0.25) is 0 Å². The number of benzene rings is 2. The Labute approximate surface area is 173 Å². The molecule has 29 heavy (non-hydrogen) atoms. The Morgan fingerprint density at radius 3 is 2.52 bits per heavy atom. The van der Waals surface area contributed by atoms with E-state index in [4.69, 9.17) is 0 Å². The Morgan fingerprint density at radius 1 is 1.03 bits per heavy atom. The summed E-state index contributed by atoms with van der Waals surface area (Å²) in [5, 5.41) is 6.05. The van der Waals surface area contributed by atoms with Gasteiger partial charge >= 0.3 is 6.03 Å². The largest absolute Gasteiger partial charge is 0.351 e. The third-order valence-corrected chi connectivity index (χ3v) is 5.99. The lowest BCUT2D eigenvalue weighted by molar-refractivity contribution is -0.132. The first kappa shape index (κ1) is 20.9. The van der Waals surface area contributed by atoms with Crippen molar-refractivity contribution in [3.8, 4) is 0 Å². The first-order valence-electron chi connectivity index (χ1n) is 10.2. The Bertz CT molecular complexity index is 909. The van der Waals surface area contributed by atoms with Crippen molar-refractivity contribution in [2.24, 2.45) is 5.41 Å². The average Bonchev–Trinajstić information content (AvgIpc) is 2.70. The molecule has 0 bridgehead atoms. The van der Waals surface area contributed by atoms with Crippen LogP contribution in [-0.2, 0) is 11.3 Å². The summed E-state index contributed by atoms with van der Waals surface area (Å²) >= 11 is 0. The first-order chi connectivity index (χ1) is 13.8. The molecule has 1 atom stereocenters. The second kappa shape index (κ2) is 8.68. The molecule has 2 aromatic rings. The average molecular weight is 394 g/mol. The van der Waals surface area contributed by atoms with Gasteiger partial charge in [-0.25, -0.2) is 4.79 Å². The molecular weight excluding hydrogens is 362 g/mol. The second-order valence-corrected chi connectivity index (χ2v) is 8.42. The smallest absolute Gasteiger partial charge is 0.321 e. The Kier molecular flexibility index (Phi) is 6.26. The van der Waals surface area contributed by atoms with E-state index in [0.29, 0.717) is 19.6 Å². The predicted octanol–water partition coefficient (Wildman–Crippen LogP) is 4.56. The maximum absolute atomic E-state index is 12.9. The third kappa shape index (κ3) is 4.97. The highest BCUT2D eigenvalue weighted by molar-refractivity contribution is 5.90. The van der Waals surface area contributed by atoms with E-state index in [1.807, 2.05) is 70.2 Å². The van der Waals surface area contributed by atoms with Crippen molar-refractivity contribution < 1.29 is 9.59 Å². The van der Waals surface area contributed by atoms with Crippen molar-refractivity contribution in [1.29, 1.82) is 0 Å². The van der Waals surface area contributed by atoms with E-state index in [1.54, 1.807) is 4.90 Å². The minimum atomic E-state index is -0.582. The van der Waals surface area contributed by atoms with Gasteiger partial charge < -0.3 is 15.5 Å². The van der Waals surface area contributed by atoms with Crippen LogP contribution in [0.4, 0.5) is 10.5 Å². The summed E-state index contributed by atoms with van der Waals surface area (Å²) in [5.41, 5.74) is 4.82. The van der Waals surface area contributed by atoms with Gasteiger partial charge in [-0.3, -0.25) is 4.79 Å². The summed E-state index contributed by atoms with van der Waals surface area (Å²) in [4.78, 5) is 27.5. The first-order valence-corrected chi connectivity index (χ1v) is 10.2. The van der Waals surface area contributed by atoms with Gasteiger partial charge in [0.2, 0.25) is 5.91 Å². The van der Waals surface area contributed by atoms with Gasteiger partial charge in [0.1, 0.15) is 0 Å². The van der Waals surface area contributed by atoms with Gasteiger partial charge in [-0.1, -0.05) is 30.3 Å². The van der Waals surface area contributed by atoms with Gasteiger partial charge in [-0.2, -0.15) is 0 Å². The minimum absolute atomic E-state index is 0.00411. The summed E-state index contributed by atoms with van der Waals surface area (Å²) in [6, 6.07) is 13.8. The number of rotatable bonds is 4. The lowest BCUT2D eigenvalue weighted by atomic mass is 9.81. The van der Waals surface area contributed by atoms with Crippen LogP contribution in [0.15, 0.2) is 42.5 Å². The molecule has 2 N–H and O–H groups in total. The normalized spacial score (nSPS) is 19.0. The van der Waals surface area contributed by atoms with Gasteiger partial charge in [-0.05, 0) is 74.9 Å². The van der Waals surface area contributed by atoms with Crippen molar-refractivity contribution in [2.45, 2.75) is 47.1 Å². The number of carbonyl (C=O) groups is 2. The maximum atomic E-state index is 12.9. The molecular formula is C24H31N3O2. The second-order valence-electron chi connectivity index (χ2n) is 8.42. The monoisotopic (exact) mass is 393 g/mol. The highest BCUT2D eigenvalue weighted by Crippen LogP contribution is 2.30. The van der Waals surface area contributed by atoms with E-state index in [2.05, 4.69) is 10.6 Å². The van der Waals surface area contributed by atoms with Crippen molar-refractivity contribution in [2.75, 3.05) is 18.4 Å². The third-order valence-electron chi connectivity index (χ3n) is 5.99. The van der Waals surface area contributed by atoms with E-state index in [-0.39, 0.29) is 11.9 Å². The summed E-state index contributed by atoms with van der Waals surface area (Å²) < 4.78 is 0. The molecule has 1 aliphatic heterocycles. The molecule has 0 aromatic heterocycles. The number of piperidine rings is 1. The highest BCUT2D eigenvalue weighted by Gasteiger charge is 2.39. The highest BCUT2D eigenvalue weighted by atomic mass is 16.2. The molecule has 3 amide bonds. The van der Waals surface area contributed by atoms with Crippen LogP contribution in [0.5, 0.6) is 0 Å². The lowest BCUT2D eigenvalue weighted by Gasteiger charge is -2.39. The van der Waals surface area contributed by atoms with Gasteiger partial charge in [0.05, 0.1) is 5.41 Å². The number of hydrogen-bond donors (Lipinski definition) is 2. The van der Waals surface area contributed by atoms with Crippen molar-refractivity contribution >= 4 is 17.6 Å². The van der Waals surface area contributed by atoms with Crippen molar-refractivity contribution in [3.63, 3.8) is 0 Å². The van der Waals surface area contributed by atoms with E-state index in [0.717, 1.165) is 35.2 Å². The number of nitrogens with one attached hydrogen (secondary N) is 2. The fourth-order valence-corrected chi connectivity index (χ4v) is 3.82. The minimum Gasteiger partial charge on any atom is -0.351 e. The number of amides is 3. The van der Waals surface area contributed by atoms with E-state index < -0.39 is 5.41 Å². The number of likely N-dealkylation sites (tertiary alicyclic amines) is 1. The number of nitrogens with zero attached hydrogens (tertiary/aromatic N) is 1. The Balaban J connectivity index is 1.61. The SMILES string of the molecule is Cc1ccc(NC(=O)N2CCC[C@@](C)(C(=O)NCc3ccccc3C)C2)cc1C. The summed E-state index contributed by atoms with van der Waals surface area (Å²) in [6.45, 7) is 9.67. The molecule has 2 aromatic carbocycles. The molecule has 5 nitrogen and oxygen atoms in total. The van der Waals surface area contributed by atoms with Crippen LogP contribution in [0.1, 0.15) is 42.0 Å². The van der Waals surface area contributed by atoms with E-state index >= 15 is 0 Å². The molecule has 5 heteroatoms. The predicted molar refractivity (Wildman–Crippen MR) is 117 cm³/mol. The van der Waals surface area contributed by atoms with Crippen LogP contribution in [0.3, 0.4) is 0 Å². The molecule has 0 unspecified atom stereocenters. The molecule has 0 spiro atoms. The topological polar surface area (TPSA) is 61.4 Å². The van der Waals surface area contributed by atoms with Crippen LogP contribution in [0, 0.1) is 26.2 Å². The summed E-state index contributed by atoms with van der Waals surface area (Å²) in [7, 11) is 0. The molecule has 1 heterocycles. The fraction of sp³-hybridized carbons (Fsp3) is 0.417. The maximum Gasteiger partial charge on any atom is 0.321 e. The lowest BCUT2D eigenvalue weighted by Crippen LogP contribution is -2.52. The van der Waals surface area contributed by atoms with Crippen LogP contribution < -0.4 is 10.6 Å². The van der Waals surface area contributed by atoms with Gasteiger partial charge in [0, 0.05) is 25.3 Å². The summed E-state index contributed by atoms with van der Waals surface area (Å²) in [5.74, 6) is 0.00411. The number of hydrogen-bond acceptors (Lipinski definition) is 2. The molecule has 3 rings (SSSR count).